The van der Waals surface area contributed by atoms with E-state index in [-0.39, 0.29) is 11.1 Å². The number of nitrogens with one attached hydrogen (secondary N) is 1. The zero-order valence-corrected chi connectivity index (χ0v) is 9.46. The van der Waals surface area contributed by atoms with Gasteiger partial charge in [0.25, 0.3) is 11.1 Å². The smallest absolute Gasteiger partial charge is 0.268 e. The van der Waals surface area contributed by atoms with Crippen molar-refractivity contribution in [1.29, 1.82) is 0 Å². The van der Waals surface area contributed by atoms with E-state index in [9.17, 15) is 9.59 Å². The highest BCUT2D eigenvalue weighted by atomic mass is 16.2. The van der Waals surface area contributed by atoms with E-state index in [1.165, 1.54) is 6.07 Å². The van der Waals surface area contributed by atoms with E-state index in [4.69, 9.17) is 0 Å². The maximum atomic E-state index is 12.3. The minimum absolute atomic E-state index is 0.305. The van der Waals surface area contributed by atoms with Crippen molar-refractivity contribution in [2.45, 2.75) is 0 Å². The van der Waals surface area contributed by atoms with E-state index in [1.54, 1.807) is 18.3 Å². The number of hydrogen-bond donors (Lipinski definition) is 1. The average molecular weight is 238 g/mol. The van der Waals surface area contributed by atoms with Gasteiger partial charge in [0, 0.05) is 12.3 Å². The maximum absolute atomic E-state index is 12.3. The molecule has 1 aromatic carbocycles. The van der Waals surface area contributed by atoms with Crippen LogP contribution in [0.5, 0.6) is 0 Å². The number of fused-ring (bicyclic) bond motifs is 1. The Morgan fingerprint density at radius 1 is 0.889 bits per heavy atom. The molecule has 0 saturated carbocycles. The van der Waals surface area contributed by atoms with Crippen molar-refractivity contribution >= 4 is 5.65 Å². The molecule has 88 valence electrons. The number of aromatic amines is 1. The van der Waals surface area contributed by atoms with Gasteiger partial charge in [-0.15, -0.1) is 0 Å². The molecule has 0 aliphatic carbocycles. The molecule has 1 N–H and O–H groups in total. The lowest BCUT2D eigenvalue weighted by molar-refractivity contribution is 1.00. The summed E-state index contributed by atoms with van der Waals surface area (Å²) >= 11 is 0. The summed E-state index contributed by atoms with van der Waals surface area (Å²) < 4.78 is 1.14. The SMILES string of the molecule is O=c1cccc2[nH]cc(-c3ccccc3)c(=O)n12. The lowest BCUT2D eigenvalue weighted by Crippen LogP contribution is -2.27. The van der Waals surface area contributed by atoms with E-state index < -0.39 is 0 Å². The van der Waals surface area contributed by atoms with Crippen molar-refractivity contribution < 1.29 is 0 Å². The highest BCUT2D eigenvalue weighted by molar-refractivity contribution is 5.62. The lowest BCUT2D eigenvalue weighted by atomic mass is 10.1. The first-order valence-corrected chi connectivity index (χ1v) is 5.56. The van der Waals surface area contributed by atoms with Crippen LogP contribution >= 0.6 is 0 Å². The van der Waals surface area contributed by atoms with Gasteiger partial charge in [-0.1, -0.05) is 36.4 Å². The monoisotopic (exact) mass is 238 g/mol. The van der Waals surface area contributed by atoms with Crippen LogP contribution in [0.15, 0.2) is 64.3 Å². The predicted octanol–water partition coefficient (Wildman–Crippen LogP) is 1.65. The molecule has 0 radical (unpaired) electrons. The second-order valence-corrected chi connectivity index (χ2v) is 3.96. The Morgan fingerprint density at radius 3 is 2.44 bits per heavy atom. The van der Waals surface area contributed by atoms with Crippen LogP contribution in [0.4, 0.5) is 0 Å². The van der Waals surface area contributed by atoms with Gasteiger partial charge in [0.2, 0.25) is 0 Å². The summed E-state index contributed by atoms with van der Waals surface area (Å²) in [5.41, 5.74) is 1.13. The molecular weight excluding hydrogens is 228 g/mol. The van der Waals surface area contributed by atoms with Gasteiger partial charge in [-0.3, -0.25) is 9.59 Å². The van der Waals surface area contributed by atoms with Gasteiger partial charge in [-0.05, 0) is 11.6 Å². The maximum Gasteiger partial charge on any atom is 0.268 e. The fourth-order valence-electron chi connectivity index (χ4n) is 1.96. The van der Waals surface area contributed by atoms with Gasteiger partial charge in [0.1, 0.15) is 5.65 Å². The molecule has 0 amide bonds. The Morgan fingerprint density at radius 2 is 1.67 bits per heavy atom. The van der Waals surface area contributed by atoms with Crippen molar-refractivity contribution in [2.24, 2.45) is 0 Å². The number of nitrogens with zero attached hydrogens (tertiary/aromatic N) is 1. The topological polar surface area (TPSA) is 54.3 Å². The molecule has 0 unspecified atom stereocenters. The van der Waals surface area contributed by atoms with Crippen LogP contribution < -0.4 is 11.1 Å². The van der Waals surface area contributed by atoms with Crippen LogP contribution in [-0.4, -0.2) is 9.38 Å². The third-order valence-electron chi connectivity index (χ3n) is 2.84. The van der Waals surface area contributed by atoms with Crippen LogP contribution in [0.2, 0.25) is 0 Å². The van der Waals surface area contributed by atoms with Crippen molar-refractivity contribution in [3.05, 3.63) is 75.4 Å². The molecular formula is C14H10N2O2. The van der Waals surface area contributed by atoms with E-state index in [0.29, 0.717) is 11.2 Å². The minimum atomic E-state index is -0.327. The normalized spacial score (nSPS) is 10.7. The number of aromatic nitrogens is 2. The molecule has 0 atom stereocenters. The average Bonchev–Trinajstić information content (AvgIpc) is 2.40. The Kier molecular flexibility index (Phi) is 2.34. The highest BCUT2D eigenvalue weighted by Crippen LogP contribution is 2.13. The molecule has 0 fully saturated rings. The Bertz CT molecular complexity index is 816. The molecule has 0 spiro atoms. The van der Waals surface area contributed by atoms with Gasteiger partial charge in [0.15, 0.2) is 0 Å². The fraction of sp³-hybridized carbons (Fsp3) is 0. The molecule has 4 heteroatoms. The van der Waals surface area contributed by atoms with Crippen LogP contribution in [0.3, 0.4) is 0 Å². The van der Waals surface area contributed by atoms with Gasteiger partial charge in [-0.25, -0.2) is 4.40 Å². The standard InChI is InChI=1S/C14H10N2O2/c17-13-8-4-7-12-15-9-11(14(18)16(12)13)10-5-2-1-3-6-10/h1-9,15H. The quantitative estimate of drug-likeness (QED) is 0.701. The van der Waals surface area contributed by atoms with Gasteiger partial charge >= 0.3 is 0 Å². The zero-order valence-electron chi connectivity index (χ0n) is 9.46. The summed E-state index contributed by atoms with van der Waals surface area (Å²) in [6, 6.07) is 13.9. The molecule has 0 aliphatic rings. The molecule has 18 heavy (non-hydrogen) atoms. The van der Waals surface area contributed by atoms with E-state index in [2.05, 4.69) is 4.98 Å². The molecule has 3 aromatic rings. The second-order valence-electron chi connectivity index (χ2n) is 3.96. The van der Waals surface area contributed by atoms with E-state index in [1.807, 2.05) is 30.3 Å². The molecule has 4 nitrogen and oxygen atoms in total. The summed E-state index contributed by atoms with van der Waals surface area (Å²) in [6.45, 7) is 0. The Labute approximate surface area is 102 Å². The number of benzene rings is 1. The zero-order chi connectivity index (χ0) is 12.5. The first-order valence-electron chi connectivity index (χ1n) is 5.56. The summed E-state index contributed by atoms with van der Waals surface area (Å²) in [5.74, 6) is 0. The molecule has 3 rings (SSSR count). The van der Waals surface area contributed by atoms with Gasteiger partial charge in [-0.2, -0.15) is 0 Å². The van der Waals surface area contributed by atoms with Crippen LogP contribution in [0.1, 0.15) is 0 Å². The second kappa shape index (κ2) is 4.00. The van der Waals surface area contributed by atoms with E-state index in [0.717, 1.165) is 9.96 Å². The molecule has 2 heterocycles. The molecule has 0 aliphatic heterocycles. The van der Waals surface area contributed by atoms with Crippen molar-refractivity contribution in [1.82, 2.24) is 9.38 Å². The Balaban J connectivity index is 2.41. The minimum Gasteiger partial charge on any atom is -0.347 e. The van der Waals surface area contributed by atoms with Crippen LogP contribution in [0.25, 0.3) is 16.8 Å². The molecule has 0 saturated heterocycles. The van der Waals surface area contributed by atoms with E-state index >= 15 is 0 Å². The van der Waals surface area contributed by atoms with Gasteiger partial charge < -0.3 is 4.98 Å². The summed E-state index contributed by atoms with van der Waals surface area (Å²) in [5, 5.41) is 0. The van der Waals surface area contributed by atoms with Crippen molar-refractivity contribution in [3.63, 3.8) is 0 Å². The fourth-order valence-corrected chi connectivity index (χ4v) is 1.96. The van der Waals surface area contributed by atoms with Crippen LogP contribution in [0, 0.1) is 0 Å². The van der Waals surface area contributed by atoms with Crippen LogP contribution in [-0.2, 0) is 0 Å². The largest absolute Gasteiger partial charge is 0.347 e. The predicted molar refractivity (Wildman–Crippen MR) is 69.7 cm³/mol. The lowest BCUT2D eigenvalue weighted by Gasteiger charge is -2.04. The number of pyridine rings is 1. The molecule has 2 aromatic heterocycles. The third kappa shape index (κ3) is 1.55. The van der Waals surface area contributed by atoms with Crippen molar-refractivity contribution in [3.8, 4) is 11.1 Å². The Hall–Kier alpha value is -2.62. The first kappa shape index (κ1) is 10.5. The number of rotatable bonds is 1. The summed E-state index contributed by atoms with van der Waals surface area (Å²) in [6.07, 6.45) is 1.63. The third-order valence-corrected chi connectivity index (χ3v) is 2.84. The number of H-pyrrole nitrogens is 1. The number of hydrogen-bond acceptors (Lipinski definition) is 2. The van der Waals surface area contributed by atoms with Crippen molar-refractivity contribution in [2.75, 3.05) is 0 Å². The van der Waals surface area contributed by atoms with Gasteiger partial charge in [0.05, 0.1) is 5.56 Å². The summed E-state index contributed by atoms with van der Waals surface area (Å²) in [4.78, 5) is 27.0. The summed E-state index contributed by atoms with van der Waals surface area (Å²) in [7, 11) is 0. The first-order chi connectivity index (χ1) is 8.77. The highest BCUT2D eigenvalue weighted by Gasteiger charge is 2.07. The molecule has 0 bridgehead atoms.